The molecule has 2 unspecified atom stereocenters. The minimum absolute atomic E-state index is 0.156. The lowest BCUT2D eigenvalue weighted by molar-refractivity contribution is -0.154. The molecule has 0 saturated carbocycles. The first kappa shape index (κ1) is 10.6. The molecule has 2 N–H and O–H groups in total. The van der Waals surface area contributed by atoms with E-state index in [1.54, 1.807) is 6.08 Å². The van der Waals surface area contributed by atoms with Gasteiger partial charge in [-0.05, 0) is 12.5 Å². The van der Waals surface area contributed by atoms with Gasteiger partial charge >= 0.3 is 11.9 Å². The number of carboxylic acid groups (broad SMARTS) is 2. The molecule has 2 atom stereocenters. The second kappa shape index (κ2) is 4.13. The van der Waals surface area contributed by atoms with Crippen molar-refractivity contribution in [3.05, 3.63) is 11.8 Å². The number of carbonyl (C=O) groups is 2. The Kier molecular flexibility index (Phi) is 3.11. The van der Waals surface area contributed by atoms with Crippen molar-refractivity contribution in [3.8, 4) is 0 Å². The number of methoxy groups -OCH3 is 1. The summed E-state index contributed by atoms with van der Waals surface area (Å²) >= 11 is 0. The first-order valence-electron chi connectivity index (χ1n) is 4.25. The van der Waals surface area contributed by atoms with Crippen LogP contribution in [0.4, 0.5) is 0 Å². The van der Waals surface area contributed by atoms with Crippen LogP contribution in [0, 0.1) is 11.8 Å². The van der Waals surface area contributed by atoms with Gasteiger partial charge in [0.2, 0.25) is 0 Å². The summed E-state index contributed by atoms with van der Waals surface area (Å²) in [5, 5.41) is 17.6. The third kappa shape index (κ3) is 2.04. The van der Waals surface area contributed by atoms with Gasteiger partial charge in [-0.25, -0.2) is 0 Å². The highest BCUT2D eigenvalue weighted by atomic mass is 16.5. The maximum atomic E-state index is 10.8. The van der Waals surface area contributed by atoms with E-state index in [4.69, 9.17) is 14.9 Å². The van der Waals surface area contributed by atoms with Crippen LogP contribution in [0.2, 0.25) is 0 Å². The van der Waals surface area contributed by atoms with Gasteiger partial charge in [-0.2, -0.15) is 0 Å². The molecule has 1 rings (SSSR count). The highest BCUT2D eigenvalue weighted by Gasteiger charge is 2.36. The van der Waals surface area contributed by atoms with Crippen molar-refractivity contribution in [2.75, 3.05) is 7.11 Å². The normalized spacial score (nSPS) is 26.5. The summed E-state index contributed by atoms with van der Waals surface area (Å²) in [6.45, 7) is 0. The van der Waals surface area contributed by atoms with Crippen molar-refractivity contribution in [2.24, 2.45) is 11.8 Å². The first-order valence-corrected chi connectivity index (χ1v) is 4.25. The number of hydrogen-bond donors (Lipinski definition) is 2. The fourth-order valence-electron chi connectivity index (χ4n) is 1.56. The molecular weight excluding hydrogens is 188 g/mol. The van der Waals surface area contributed by atoms with Crippen LogP contribution in [0.15, 0.2) is 11.8 Å². The van der Waals surface area contributed by atoms with Gasteiger partial charge in [0.05, 0.1) is 24.7 Å². The Morgan fingerprint density at radius 2 is 1.93 bits per heavy atom. The largest absolute Gasteiger partial charge is 0.501 e. The van der Waals surface area contributed by atoms with Gasteiger partial charge in [0.15, 0.2) is 0 Å². The molecule has 0 amide bonds. The molecule has 0 aliphatic heterocycles. The molecule has 5 heteroatoms. The Labute approximate surface area is 81.0 Å². The highest BCUT2D eigenvalue weighted by molar-refractivity contribution is 5.80. The second-order valence-electron chi connectivity index (χ2n) is 3.20. The highest BCUT2D eigenvalue weighted by Crippen LogP contribution is 2.30. The third-order valence-electron chi connectivity index (χ3n) is 2.40. The lowest BCUT2D eigenvalue weighted by Crippen LogP contribution is -2.32. The molecule has 0 saturated heterocycles. The smallest absolute Gasteiger partial charge is 0.307 e. The molecule has 0 bridgehead atoms. The van der Waals surface area contributed by atoms with Crippen molar-refractivity contribution in [1.29, 1.82) is 0 Å². The van der Waals surface area contributed by atoms with E-state index in [-0.39, 0.29) is 12.8 Å². The quantitative estimate of drug-likeness (QED) is 0.701. The Morgan fingerprint density at radius 1 is 1.36 bits per heavy atom. The van der Waals surface area contributed by atoms with Crippen LogP contribution < -0.4 is 0 Å². The maximum absolute atomic E-state index is 10.8. The molecule has 14 heavy (non-hydrogen) atoms. The number of carboxylic acids is 2. The Morgan fingerprint density at radius 3 is 2.36 bits per heavy atom. The molecule has 5 nitrogen and oxygen atoms in total. The Bertz CT molecular complexity index is 281. The molecule has 0 aromatic heterocycles. The molecule has 1 aliphatic carbocycles. The summed E-state index contributed by atoms with van der Waals surface area (Å²) in [5.41, 5.74) is 0. The topological polar surface area (TPSA) is 83.8 Å². The number of allylic oxidation sites excluding steroid dienone is 2. The number of ether oxygens (including phenoxy) is 1. The number of aliphatic carboxylic acids is 2. The van der Waals surface area contributed by atoms with E-state index < -0.39 is 23.8 Å². The van der Waals surface area contributed by atoms with E-state index in [2.05, 4.69) is 0 Å². The predicted octanol–water partition coefficient (Wildman–Crippen LogP) is 0.712. The molecule has 1 aliphatic rings. The Balaban J connectivity index is 2.83. The van der Waals surface area contributed by atoms with Crippen LogP contribution in [-0.4, -0.2) is 29.3 Å². The SMILES string of the molecule is COC1=CCC(C(=O)O)C(C(=O)O)C1. The lowest BCUT2D eigenvalue weighted by atomic mass is 9.82. The minimum atomic E-state index is -1.08. The zero-order chi connectivity index (χ0) is 10.7. The monoisotopic (exact) mass is 200 g/mol. The van der Waals surface area contributed by atoms with Gasteiger partial charge in [-0.3, -0.25) is 9.59 Å². The molecule has 0 spiro atoms. The fraction of sp³-hybridized carbons (Fsp3) is 0.556. The lowest BCUT2D eigenvalue weighted by Gasteiger charge is -2.24. The van der Waals surface area contributed by atoms with E-state index in [0.29, 0.717) is 5.76 Å². The molecule has 0 radical (unpaired) electrons. The van der Waals surface area contributed by atoms with Gasteiger partial charge in [0.1, 0.15) is 0 Å². The van der Waals surface area contributed by atoms with E-state index >= 15 is 0 Å². The minimum Gasteiger partial charge on any atom is -0.501 e. The summed E-state index contributed by atoms with van der Waals surface area (Å²) in [6, 6.07) is 0. The van der Waals surface area contributed by atoms with Crippen LogP contribution in [-0.2, 0) is 14.3 Å². The van der Waals surface area contributed by atoms with E-state index in [1.165, 1.54) is 7.11 Å². The van der Waals surface area contributed by atoms with E-state index in [9.17, 15) is 9.59 Å². The van der Waals surface area contributed by atoms with Crippen molar-refractivity contribution < 1.29 is 24.5 Å². The predicted molar refractivity (Wildman–Crippen MR) is 46.6 cm³/mol. The van der Waals surface area contributed by atoms with Crippen LogP contribution in [0.5, 0.6) is 0 Å². The van der Waals surface area contributed by atoms with E-state index in [1.807, 2.05) is 0 Å². The van der Waals surface area contributed by atoms with Crippen molar-refractivity contribution >= 4 is 11.9 Å². The third-order valence-corrected chi connectivity index (χ3v) is 2.40. The van der Waals surface area contributed by atoms with E-state index in [0.717, 1.165) is 0 Å². The van der Waals surface area contributed by atoms with Crippen LogP contribution >= 0.6 is 0 Å². The molecule has 0 fully saturated rings. The molecule has 78 valence electrons. The average Bonchev–Trinajstić information content (AvgIpc) is 2.16. The number of rotatable bonds is 3. The standard InChI is InChI=1S/C9H12O5/c1-14-5-2-3-6(8(10)11)7(4-5)9(12)13/h2,6-7H,3-4H2,1H3,(H,10,11)(H,12,13). The molecule has 0 aromatic rings. The average molecular weight is 200 g/mol. The van der Waals surface area contributed by atoms with Gasteiger partial charge < -0.3 is 14.9 Å². The van der Waals surface area contributed by atoms with Gasteiger partial charge in [0, 0.05) is 6.42 Å². The first-order chi connectivity index (χ1) is 6.56. The van der Waals surface area contributed by atoms with Crippen LogP contribution in [0.3, 0.4) is 0 Å². The zero-order valence-corrected chi connectivity index (χ0v) is 7.77. The molecule has 0 aromatic carbocycles. The van der Waals surface area contributed by atoms with Crippen molar-refractivity contribution in [3.63, 3.8) is 0 Å². The molecule has 0 heterocycles. The molecular formula is C9H12O5. The zero-order valence-electron chi connectivity index (χ0n) is 7.77. The van der Waals surface area contributed by atoms with Crippen molar-refractivity contribution in [1.82, 2.24) is 0 Å². The van der Waals surface area contributed by atoms with Gasteiger partial charge in [0.25, 0.3) is 0 Å². The summed E-state index contributed by atoms with van der Waals surface area (Å²) < 4.78 is 4.90. The summed E-state index contributed by atoms with van der Waals surface area (Å²) in [6.07, 6.45) is 2.01. The maximum Gasteiger partial charge on any atom is 0.307 e. The number of hydrogen-bond acceptors (Lipinski definition) is 3. The fourth-order valence-corrected chi connectivity index (χ4v) is 1.56. The van der Waals surface area contributed by atoms with Crippen LogP contribution in [0.1, 0.15) is 12.8 Å². The van der Waals surface area contributed by atoms with Gasteiger partial charge in [-0.15, -0.1) is 0 Å². The Hall–Kier alpha value is -1.52. The van der Waals surface area contributed by atoms with Crippen molar-refractivity contribution in [2.45, 2.75) is 12.8 Å². The summed E-state index contributed by atoms with van der Waals surface area (Å²) in [4.78, 5) is 21.5. The summed E-state index contributed by atoms with van der Waals surface area (Å²) in [7, 11) is 1.45. The van der Waals surface area contributed by atoms with Gasteiger partial charge in [-0.1, -0.05) is 0 Å². The second-order valence-corrected chi connectivity index (χ2v) is 3.20. The summed E-state index contributed by atoms with van der Waals surface area (Å²) in [5.74, 6) is -3.32. The van der Waals surface area contributed by atoms with Crippen LogP contribution in [0.25, 0.3) is 0 Å².